The number of rotatable bonds is 8. The van der Waals surface area contributed by atoms with Crippen LogP contribution >= 0.6 is 0 Å². The van der Waals surface area contributed by atoms with E-state index in [1.165, 1.54) is 0 Å². The lowest BCUT2D eigenvalue weighted by atomic mass is 9.85. The van der Waals surface area contributed by atoms with Gasteiger partial charge in [0.05, 0.1) is 39.8 Å². The van der Waals surface area contributed by atoms with Crippen molar-refractivity contribution in [3.05, 3.63) is 70.8 Å². The summed E-state index contributed by atoms with van der Waals surface area (Å²) in [5, 5.41) is 13.5. The standard InChI is InChI=1S/C28H36N2O4/c1-7-18-34-22-14-10-20(11-15-22)25(31)23-24(19-8-12-21(13-9-19)28(2,3)4)30(17-16-29(5)6)27(33)26(23)32/h8-15,24,31H,7,16-18H2,1-6H3/b25-23+. The van der Waals surface area contributed by atoms with Gasteiger partial charge in [-0.05, 0) is 40.7 Å². The van der Waals surface area contributed by atoms with E-state index in [0.29, 0.717) is 31.0 Å². The molecule has 1 aliphatic heterocycles. The molecular weight excluding hydrogens is 428 g/mol. The maximum atomic E-state index is 13.5. The maximum Gasteiger partial charge on any atom is 0.295 e. The molecule has 6 heteroatoms. The molecule has 34 heavy (non-hydrogen) atoms. The molecule has 1 saturated heterocycles. The van der Waals surface area contributed by atoms with Crippen LogP contribution in [0.3, 0.4) is 0 Å². The highest BCUT2D eigenvalue weighted by molar-refractivity contribution is 6.46. The van der Waals surface area contributed by atoms with E-state index in [0.717, 1.165) is 22.4 Å². The average Bonchev–Trinajstić information content (AvgIpc) is 3.05. The van der Waals surface area contributed by atoms with Crippen molar-refractivity contribution >= 4 is 17.4 Å². The average molecular weight is 465 g/mol. The molecule has 182 valence electrons. The first-order valence-corrected chi connectivity index (χ1v) is 11.9. The second kappa shape index (κ2) is 10.4. The summed E-state index contributed by atoms with van der Waals surface area (Å²) >= 11 is 0. The molecule has 1 amide bonds. The second-order valence-electron chi connectivity index (χ2n) is 10.2. The van der Waals surface area contributed by atoms with Crippen LogP contribution in [-0.4, -0.2) is 50.4 Å². The van der Waals surface area contributed by atoms with Crippen LogP contribution in [-0.2, 0) is 15.0 Å². The number of ketones is 1. The summed E-state index contributed by atoms with van der Waals surface area (Å²) in [4.78, 5) is 28.8. The van der Waals surface area contributed by atoms with Gasteiger partial charge in [-0.3, -0.25) is 9.59 Å². The Morgan fingerprint density at radius 1 is 1.03 bits per heavy atom. The lowest BCUT2D eigenvalue weighted by molar-refractivity contribution is -0.857. The smallest absolute Gasteiger partial charge is 0.295 e. The largest absolute Gasteiger partial charge is 0.872 e. The van der Waals surface area contributed by atoms with E-state index >= 15 is 0 Å². The maximum absolute atomic E-state index is 13.5. The van der Waals surface area contributed by atoms with Gasteiger partial charge < -0.3 is 19.6 Å². The van der Waals surface area contributed by atoms with Crippen molar-refractivity contribution in [1.29, 1.82) is 0 Å². The molecule has 0 aliphatic carbocycles. The molecule has 0 radical (unpaired) electrons. The number of hydrogen-bond acceptors (Lipinski definition) is 4. The molecule has 0 aromatic heterocycles. The number of carbonyl (C=O) groups excluding carboxylic acids is 2. The number of amides is 1. The first-order valence-electron chi connectivity index (χ1n) is 11.9. The van der Waals surface area contributed by atoms with E-state index in [4.69, 9.17) is 4.74 Å². The number of nitrogens with zero attached hydrogens (tertiary/aromatic N) is 1. The zero-order valence-electron chi connectivity index (χ0n) is 21.1. The van der Waals surface area contributed by atoms with Gasteiger partial charge in [0.25, 0.3) is 5.91 Å². The highest BCUT2D eigenvalue weighted by Gasteiger charge is 2.44. The van der Waals surface area contributed by atoms with Crippen LogP contribution in [0, 0.1) is 0 Å². The van der Waals surface area contributed by atoms with Gasteiger partial charge in [-0.15, -0.1) is 0 Å². The molecule has 2 aromatic rings. The van der Waals surface area contributed by atoms with E-state index in [2.05, 4.69) is 20.8 Å². The summed E-state index contributed by atoms with van der Waals surface area (Å²) in [6, 6.07) is 14.0. The SMILES string of the molecule is CCCOc1ccc(/C([O-])=C2\C(=O)C(=O)N(CC[NH+](C)C)C2c2ccc(C(C)(C)C)cc2)cc1. The Bertz CT molecular complexity index is 1050. The van der Waals surface area contributed by atoms with Crippen LogP contribution in [0.15, 0.2) is 54.1 Å². The summed E-state index contributed by atoms with van der Waals surface area (Å²) in [5.41, 5.74) is 2.28. The topological polar surface area (TPSA) is 74.1 Å². The van der Waals surface area contributed by atoms with Crippen molar-refractivity contribution in [3.8, 4) is 5.75 Å². The van der Waals surface area contributed by atoms with Gasteiger partial charge in [-0.2, -0.15) is 0 Å². The fraction of sp³-hybridized carbons (Fsp3) is 0.429. The van der Waals surface area contributed by atoms with Gasteiger partial charge in [-0.25, -0.2) is 0 Å². The normalized spacial score (nSPS) is 18.1. The number of hydrogen-bond donors (Lipinski definition) is 1. The Kier molecular flexibility index (Phi) is 7.82. The van der Waals surface area contributed by atoms with E-state index < -0.39 is 23.5 Å². The van der Waals surface area contributed by atoms with Crippen LogP contribution in [0.5, 0.6) is 5.75 Å². The molecule has 1 heterocycles. The highest BCUT2D eigenvalue weighted by Crippen LogP contribution is 2.39. The molecule has 0 spiro atoms. The molecule has 1 aliphatic rings. The quantitative estimate of drug-likeness (QED) is 0.369. The van der Waals surface area contributed by atoms with Gasteiger partial charge in [0.1, 0.15) is 5.75 Å². The summed E-state index contributed by atoms with van der Waals surface area (Å²) in [7, 11) is 3.99. The number of Topliss-reactive ketones (excluding diaryl/α,β-unsaturated/α-hetero) is 1. The lowest BCUT2D eigenvalue weighted by Gasteiger charge is -2.28. The van der Waals surface area contributed by atoms with Crippen molar-refractivity contribution in [1.82, 2.24) is 4.90 Å². The van der Waals surface area contributed by atoms with Crippen LogP contribution < -0.4 is 14.7 Å². The van der Waals surface area contributed by atoms with Crippen molar-refractivity contribution in [3.63, 3.8) is 0 Å². The Morgan fingerprint density at radius 2 is 1.65 bits per heavy atom. The van der Waals surface area contributed by atoms with Crippen LogP contribution in [0.1, 0.15) is 56.8 Å². The third-order valence-corrected chi connectivity index (χ3v) is 6.06. The first-order chi connectivity index (χ1) is 16.0. The van der Waals surface area contributed by atoms with Gasteiger partial charge in [-0.1, -0.05) is 69.9 Å². The lowest BCUT2D eigenvalue weighted by Crippen LogP contribution is -3.06. The van der Waals surface area contributed by atoms with Crippen LogP contribution in [0.2, 0.25) is 0 Å². The monoisotopic (exact) mass is 464 g/mol. The predicted octanol–water partition coefficient (Wildman–Crippen LogP) is 2.14. The molecule has 0 bridgehead atoms. The number of benzene rings is 2. The number of quaternary nitrogens is 1. The summed E-state index contributed by atoms with van der Waals surface area (Å²) in [5.74, 6) is -1.07. The minimum absolute atomic E-state index is 0.0180. The predicted molar refractivity (Wildman–Crippen MR) is 131 cm³/mol. The third-order valence-electron chi connectivity index (χ3n) is 6.06. The minimum atomic E-state index is -0.713. The Morgan fingerprint density at radius 3 is 2.18 bits per heavy atom. The molecule has 1 unspecified atom stereocenters. The van der Waals surface area contributed by atoms with E-state index in [-0.39, 0.29) is 11.0 Å². The Balaban J connectivity index is 2.06. The molecule has 1 N–H and O–H groups in total. The van der Waals surface area contributed by atoms with E-state index in [1.54, 1.807) is 29.2 Å². The van der Waals surface area contributed by atoms with Gasteiger partial charge in [0.2, 0.25) is 5.78 Å². The number of likely N-dealkylation sites (N-methyl/N-ethyl adjacent to an activating group) is 1. The van der Waals surface area contributed by atoms with Crippen LogP contribution in [0.25, 0.3) is 5.76 Å². The van der Waals surface area contributed by atoms with Gasteiger partial charge >= 0.3 is 0 Å². The Hall–Kier alpha value is -3.12. The fourth-order valence-electron chi connectivity index (χ4n) is 4.03. The minimum Gasteiger partial charge on any atom is -0.872 e. The molecule has 1 fully saturated rings. The van der Waals surface area contributed by atoms with E-state index in [1.807, 2.05) is 45.3 Å². The first kappa shape index (κ1) is 25.5. The number of carbonyl (C=O) groups is 2. The zero-order valence-corrected chi connectivity index (χ0v) is 21.1. The van der Waals surface area contributed by atoms with Crippen LogP contribution in [0.4, 0.5) is 0 Å². The highest BCUT2D eigenvalue weighted by atomic mass is 16.5. The fourth-order valence-corrected chi connectivity index (χ4v) is 4.03. The number of likely N-dealkylation sites (tertiary alicyclic amines) is 1. The number of nitrogens with one attached hydrogen (secondary N) is 1. The summed E-state index contributed by atoms with van der Waals surface area (Å²) in [6.45, 7) is 10.1. The molecule has 2 aromatic carbocycles. The van der Waals surface area contributed by atoms with Crippen molar-refractivity contribution in [2.45, 2.75) is 45.6 Å². The molecule has 0 saturated carbocycles. The number of ether oxygens (including phenoxy) is 1. The molecule has 6 nitrogen and oxygen atoms in total. The van der Waals surface area contributed by atoms with Crippen molar-refractivity contribution in [2.24, 2.45) is 0 Å². The van der Waals surface area contributed by atoms with Gasteiger partial charge in [0.15, 0.2) is 0 Å². The van der Waals surface area contributed by atoms with Gasteiger partial charge in [0, 0.05) is 5.57 Å². The van der Waals surface area contributed by atoms with E-state index in [9.17, 15) is 14.7 Å². The third kappa shape index (κ3) is 5.50. The van der Waals surface area contributed by atoms with Crippen molar-refractivity contribution < 1.29 is 24.3 Å². The molecular formula is C28H36N2O4. The molecule has 1 atom stereocenters. The second-order valence-corrected chi connectivity index (χ2v) is 10.2. The molecule has 3 rings (SSSR count). The van der Waals surface area contributed by atoms with Crippen molar-refractivity contribution in [2.75, 3.05) is 33.8 Å². The summed E-state index contributed by atoms with van der Waals surface area (Å²) in [6.07, 6.45) is 0.884. The Labute approximate surface area is 202 Å². The zero-order chi connectivity index (χ0) is 25.0. The summed E-state index contributed by atoms with van der Waals surface area (Å²) < 4.78 is 5.60.